The van der Waals surface area contributed by atoms with E-state index in [4.69, 9.17) is 0 Å². The minimum absolute atomic E-state index is 0.509. The zero-order valence-corrected chi connectivity index (χ0v) is 10.4. The smallest absolute Gasteiger partial charge is 0.108 e. The van der Waals surface area contributed by atoms with Crippen LogP contribution < -0.4 is 0 Å². The first kappa shape index (κ1) is 10.6. The summed E-state index contributed by atoms with van der Waals surface area (Å²) in [6, 6.07) is 4.28. The van der Waals surface area contributed by atoms with Gasteiger partial charge in [-0.15, -0.1) is 0 Å². The molecule has 0 aliphatic carbocycles. The van der Waals surface area contributed by atoms with E-state index >= 15 is 0 Å². The molecule has 0 saturated carbocycles. The van der Waals surface area contributed by atoms with Crippen LogP contribution in [0.5, 0.6) is 0 Å². The SMILES string of the molecule is CC(C)c1ccc2nsnc2c1C(C)C. The van der Waals surface area contributed by atoms with Gasteiger partial charge < -0.3 is 0 Å². The van der Waals surface area contributed by atoms with E-state index in [1.54, 1.807) is 0 Å². The quantitative estimate of drug-likeness (QED) is 0.766. The van der Waals surface area contributed by atoms with E-state index in [0.29, 0.717) is 11.8 Å². The third-order valence-electron chi connectivity index (χ3n) is 2.70. The minimum Gasteiger partial charge on any atom is -0.173 e. The summed E-state index contributed by atoms with van der Waals surface area (Å²) in [6.07, 6.45) is 0. The van der Waals surface area contributed by atoms with Gasteiger partial charge in [-0.3, -0.25) is 0 Å². The van der Waals surface area contributed by atoms with Gasteiger partial charge in [0.1, 0.15) is 11.0 Å². The van der Waals surface area contributed by atoms with Gasteiger partial charge in [0, 0.05) is 0 Å². The molecule has 3 heteroatoms. The topological polar surface area (TPSA) is 25.8 Å². The molecule has 0 unspecified atom stereocenters. The molecular weight excluding hydrogens is 204 g/mol. The van der Waals surface area contributed by atoms with Crippen LogP contribution in [0.25, 0.3) is 11.0 Å². The molecule has 0 bridgehead atoms. The summed E-state index contributed by atoms with van der Waals surface area (Å²) in [5, 5.41) is 0. The van der Waals surface area contributed by atoms with Crippen molar-refractivity contribution >= 4 is 22.8 Å². The Morgan fingerprint density at radius 3 is 2.33 bits per heavy atom. The van der Waals surface area contributed by atoms with Crippen molar-refractivity contribution in [2.45, 2.75) is 39.5 Å². The maximum Gasteiger partial charge on any atom is 0.108 e. The molecule has 0 atom stereocenters. The molecule has 1 heterocycles. The van der Waals surface area contributed by atoms with Crippen molar-refractivity contribution in [3.8, 4) is 0 Å². The molecule has 1 aromatic carbocycles. The largest absolute Gasteiger partial charge is 0.173 e. The van der Waals surface area contributed by atoms with Crippen molar-refractivity contribution in [2.24, 2.45) is 0 Å². The molecule has 0 fully saturated rings. The molecular formula is C12H16N2S. The zero-order chi connectivity index (χ0) is 11.0. The van der Waals surface area contributed by atoms with Crippen LogP contribution in [0.3, 0.4) is 0 Å². The second-order valence-electron chi connectivity index (χ2n) is 4.51. The van der Waals surface area contributed by atoms with Gasteiger partial charge in [-0.25, -0.2) is 0 Å². The highest BCUT2D eigenvalue weighted by Crippen LogP contribution is 2.31. The number of hydrogen-bond acceptors (Lipinski definition) is 3. The molecule has 80 valence electrons. The molecule has 0 aliphatic rings. The third kappa shape index (κ3) is 1.76. The highest BCUT2D eigenvalue weighted by atomic mass is 32.1. The minimum atomic E-state index is 0.509. The van der Waals surface area contributed by atoms with Gasteiger partial charge in [0.05, 0.1) is 11.7 Å². The van der Waals surface area contributed by atoms with Crippen LogP contribution in [0.4, 0.5) is 0 Å². The second kappa shape index (κ2) is 3.89. The summed E-state index contributed by atoms with van der Waals surface area (Å²) in [6.45, 7) is 8.90. The normalized spacial score (nSPS) is 11.9. The standard InChI is InChI=1S/C12H16N2S/c1-7(2)9-5-6-10-12(14-15-13-10)11(9)8(3)4/h5-8H,1-4H3. The van der Waals surface area contributed by atoms with E-state index in [1.165, 1.54) is 22.9 Å². The summed E-state index contributed by atoms with van der Waals surface area (Å²) in [5.41, 5.74) is 4.91. The van der Waals surface area contributed by atoms with Crippen molar-refractivity contribution in [1.82, 2.24) is 8.75 Å². The molecule has 0 N–H and O–H groups in total. The molecule has 0 amide bonds. The lowest BCUT2D eigenvalue weighted by molar-refractivity contribution is 0.796. The Hall–Kier alpha value is -0.960. The van der Waals surface area contributed by atoms with Gasteiger partial charge >= 0.3 is 0 Å². The molecule has 0 radical (unpaired) electrons. The number of benzene rings is 1. The van der Waals surface area contributed by atoms with E-state index in [2.05, 4.69) is 48.6 Å². The van der Waals surface area contributed by atoms with E-state index < -0.39 is 0 Å². The highest BCUT2D eigenvalue weighted by molar-refractivity contribution is 7.00. The van der Waals surface area contributed by atoms with Gasteiger partial charge in [0.2, 0.25) is 0 Å². The lowest BCUT2D eigenvalue weighted by Gasteiger charge is -2.15. The van der Waals surface area contributed by atoms with Gasteiger partial charge in [-0.1, -0.05) is 33.8 Å². The number of rotatable bonds is 2. The number of hydrogen-bond donors (Lipinski definition) is 0. The molecule has 2 rings (SSSR count). The van der Waals surface area contributed by atoms with Crippen LogP contribution in [0.1, 0.15) is 50.7 Å². The average Bonchev–Trinajstić information content (AvgIpc) is 2.62. The predicted molar refractivity (Wildman–Crippen MR) is 65.6 cm³/mol. The van der Waals surface area contributed by atoms with Crippen LogP contribution in [0, 0.1) is 0 Å². The Kier molecular flexibility index (Phi) is 2.74. The Labute approximate surface area is 94.7 Å². The van der Waals surface area contributed by atoms with Crippen molar-refractivity contribution in [1.29, 1.82) is 0 Å². The van der Waals surface area contributed by atoms with E-state index in [9.17, 15) is 0 Å². The monoisotopic (exact) mass is 220 g/mol. The fraction of sp³-hybridized carbons (Fsp3) is 0.500. The van der Waals surface area contributed by atoms with Crippen LogP contribution in [-0.4, -0.2) is 8.75 Å². The second-order valence-corrected chi connectivity index (χ2v) is 5.04. The molecule has 2 aromatic rings. The Balaban J connectivity index is 2.75. The summed E-state index contributed by atoms with van der Waals surface area (Å²) in [7, 11) is 0. The first-order chi connectivity index (χ1) is 7.11. The molecule has 2 nitrogen and oxygen atoms in total. The third-order valence-corrected chi connectivity index (χ3v) is 3.24. The van der Waals surface area contributed by atoms with Crippen molar-refractivity contribution in [3.05, 3.63) is 23.3 Å². The molecule has 1 aromatic heterocycles. The van der Waals surface area contributed by atoms with Crippen LogP contribution in [-0.2, 0) is 0 Å². The van der Waals surface area contributed by atoms with Gasteiger partial charge in [-0.05, 0) is 29.0 Å². The maximum atomic E-state index is 4.41. The fourth-order valence-electron chi connectivity index (χ4n) is 2.00. The van der Waals surface area contributed by atoms with E-state index in [-0.39, 0.29) is 0 Å². The molecule has 0 aliphatic heterocycles. The predicted octanol–water partition coefficient (Wildman–Crippen LogP) is 3.94. The van der Waals surface area contributed by atoms with E-state index in [0.717, 1.165) is 11.0 Å². The Morgan fingerprint density at radius 2 is 1.73 bits per heavy atom. The molecule has 0 saturated heterocycles. The Morgan fingerprint density at radius 1 is 1.00 bits per heavy atom. The van der Waals surface area contributed by atoms with Crippen molar-refractivity contribution in [3.63, 3.8) is 0 Å². The number of nitrogens with zero attached hydrogens (tertiary/aromatic N) is 2. The van der Waals surface area contributed by atoms with Crippen molar-refractivity contribution < 1.29 is 0 Å². The maximum absolute atomic E-state index is 4.41. The number of aromatic nitrogens is 2. The fourth-order valence-corrected chi connectivity index (χ4v) is 2.55. The lowest BCUT2D eigenvalue weighted by Crippen LogP contribution is -1.99. The zero-order valence-electron chi connectivity index (χ0n) is 9.61. The van der Waals surface area contributed by atoms with Crippen molar-refractivity contribution in [2.75, 3.05) is 0 Å². The highest BCUT2D eigenvalue weighted by Gasteiger charge is 2.15. The van der Waals surface area contributed by atoms with Crippen LogP contribution in [0.2, 0.25) is 0 Å². The summed E-state index contributed by atoms with van der Waals surface area (Å²) >= 11 is 1.30. The lowest BCUT2D eigenvalue weighted by atomic mass is 9.89. The van der Waals surface area contributed by atoms with Crippen LogP contribution in [0.15, 0.2) is 12.1 Å². The average molecular weight is 220 g/mol. The molecule has 15 heavy (non-hydrogen) atoms. The van der Waals surface area contributed by atoms with Gasteiger partial charge in [0.25, 0.3) is 0 Å². The summed E-state index contributed by atoms with van der Waals surface area (Å²) in [4.78, 5) is 0. The first-order valence-electron chi connectivity index (χ1n) is 5.36. The summed E-state index contributed by atoms with van der Waals surface area (Å²) < 4.78 is 8.71. The van der Waals surface area contributed by atoms with Gasteiger partial charge in [0.15, 0.2) is 0 Å². The summed E-state index contributed by atoms with van der Waals surface area (Å²) in [5.74, 6) is 1.06. The van der Waals surface area contributed by atoms with E-state index in [1.807, 2.05) is 0 Å². The number of fused-ring (bicyclic) bond motifs is 1. The van der Waals surface area contributed by atoms with Gasteiger partial charge in [-0.2, -0.15) is 8.75 Å². The molecule has 0 spiro atoms. The first-order valence-corrected chi connectivity index (χ1v) is 6.09. The Bertz CT molecular complexity index is 471. The van der Waals surface area contributed by atoms with Crippen LogP contribution >= 0.6 is 11.7 Å².